The minimum atomic E-state index is -3.22. The SMILES string of the molecule is CS(=O)(=O)c1ccc(CC(=O)N[C@@H]2CCOC[C@@H]2C2CCOCC2)cc1. The van der Waals surface area contributed by atoms with E-state index in [0.29, 0.717) is 25.0 Å². The van der Waals surface area contributed by atoms with E-state index < -0.39 is 9.84 Å². The lowest BCUT2D eigenvalue weighted by atomic mass is 9.79. The van der Waals surface area contributed by atoms with Crippen molar-refractivity contribution in [1.82, 2.24) is 5.32 Å². The van der Waals surface area contributed by atoms with Crippen molar-refractivity contribution in [3.05, 3.63) is 29.8 Å². The summed E-state index contributed by atoms with van der Waals surface area (Å²) in [6.07, 6.45) is 4.31. The highest BCUT2D eigenvalue weighted by Gasteiger charge is 2.34. The Labute approximate surface area is 155 Å². The Morgan fingerprint density at radius 2 is 1.73 bits per heavy atom. The first-order valence-corrected chi connectivity index (χ1v) is 11.1. The van der Waals surface area contributed by atoms with Crippen LogP contribution in [0.1, 0.15) is 24.8 Å². The Balaban J connectivity index is 1.59. The van der Waals surface area contributed by atoms with E-state index in [1.807, 2.05) is 0 Å². The van der Waals surface area contributed by atoms with Crippen LogP contribution in [-0.4, -0.2) is 53.1 Å². The Kier molecular flexibility index (Phi) is 6.32. The van der Waals surface area contributed by atoms with Gasteiger partial charge in [0, 0.05) is 38.0 Å². The maximum absolute atomic E-state index is 12.5. The predicted molar refractivity (Wildman–Crippen MR) is 97.7 cm³/mol. The zero-order valence-corrected chi connectivity index (χ0v) is 16.0. The number of sulfone groups is 1. The van der Waals surface area contributed by atoms with Gasteiger partial charge in [-0.15, -0.1) is 0 Å². The quantitative estimate of drug-likeness (QED) is 0.837. The largest absolute Gasteiger partial charge is 0.381 e. The van der Waals surface area contributed by atoms with Crippen molar-refractivity contribution in [1.29, 1.82) is 0 Å². The van der Waals surface area contributed by atoms with Crippen molar-refractivity contribution in [3.8, 4) is 0 Å². The standard InChI is InChI=1S/C19H27NO5S/c1-26(22,23)16-4-2-14(3-5-16)12-19(21)20-18-8-11-25-13-17(18)15-6-9-24-10-7-15/h2-5,15,17-18H,6-13H2,1H3,(H,20,21)/t17-,18-/m1/s1. The summed E-state index contributed by atoms with van der Waals surface area (Å²) in [4.78, 5) is 12.8. The molecule has 7 heteroatoms. The second-order valence-electron chi connectivity index (χ2n) is 7.24. The summed E-state index contributed by atoms with van der Waals surface area (Å²) in [6, 6.07) is 6.65. The molecule has 2 atom stereocenters. The van der Waals surface area contributed by atoms with Gasteiger partial charge in [0.1, 0.15) is 0 Å². The van der Waals surface area contributed by atoms with Crippen molar-refractivity contribution in [3.63, 3.8) is 0 Å². The molecule has 144 valence electrons. The molecule has 3 rings (SSSR count). The van der Waals surface area contributed by atoms with Crippen molar-refractivity contribution < 1.29 is 22.7 Å². The van der Waals surface area contributed by atoms with Gasteiger partial charge in [0.2, 0.25) is 5.91 Å². The van der Waals surface area contributed by atoms with E-state index in [9.17, 15) is 13.2 Å². The molecule has 0 bridgehead atoms. The van der Waals surface area contributed by atoms with Gasteiger partial charge in [-0.05, 0) is 42.9 Å². The van der Waals surface area contributed by atoms with Crippen LogP contribution in [0.5, 0.6) is 0 Å². The fraction of sp³-hybridized carbons (Fsp3) is 0.632. The highest BCUT2D eigenvalue weighted by Crippen LogP contribution is 2.30. The molecule has 1 N–H and O–H groups in total. The molecule has 0 unspecified atom stereocenters. The van der Waals surface area contributed by atoms with Crippen molar-refractivity contribution in [2.75, 3.05) is 32.7 Å². The number of carbonyl (C=O) groups is 1. The molecule has 1 aromatic rings. The van der Waals surface area contributed by atoms with Gasteiger partial charge < -0.3 is 14.8 Å². The van der Waals surface area contributed by atoms with Crippen LogP contribution in [0.15, 0.2) is 29.2 Å². The first kappa shape index (κ1) is 19.3. The predicted octanol–water partition coefficient (Wildman–Crippen LogP) is 1.58. The zero-order valence-electron chi connectivity index (χ0n) is 15.1. The smallest absolute Gasteiger partial charge is 0.224 e. The number of amides is 1. The average Bonchev–Trinajstić information content (AvgIpc) is 2.62. The monoisotopic (exact) mass is 381 g/mol. The molecule has 26 heavy (non-hydrogen) atoms. The highest BCUT2D eigenvalue weighted by atomic mass is 32.2. The molecule has 1 aromatic carbocycles. The first-order valence-electron chi connectivity index (χ1n) is 9.17. The fourth-order valence-corrected chi connectivity index (χ4v) is 4.48. The Bertz CT molecular complexity index is 710. The maximum atomic E-state index is 12.5. The lowest BCUT2D eigenvalue weighted by Gasteiger charge is -2.39. The number of ether oxygens (including phenoxy) is 2. The van der Waals surface area contributed by atoms with Gasteiger partial charge in [0.25, 0.3) is 0 Å². The van der Waals surface area contributed by atoms with Crippen LogP contribution in [-0.2, 0) is 30.5 Å². The molecule has 0 aliphatic carbocycles. The van der Waals surface area contributed by atoms with Crippen LogP contribution in [0.4, 0.5) is 0 Å². The lowest BCUT2D eigenvalue weighted by molar-refractivity contribution is -0.123. The fourth-order valence-electron chi connectivity index (χ4n) is 3.85. The van der Waals surface area contributed by atoms with E-state index in [1.54, 1.807) is 24.3 Å². The van der Waals surface area contributed by atoms with Crippen LogP contribution in [0.2, 0.25) is 0 Å². The number of hydrogen-bond donors (Lipinski definition) is 1. The van der Waals surface area contributed by atoms with Gasteiger partial charge in [-0.3, -0.25) is 4.79 Å². The van der Waals surface area contributed by atoms with Crippen molar-refractivity contribution in [2.45, 2.75) is 36.6 Å². The van der Waals surface area contributed by atoms with Crippen LogP contribution < -0.4 is 5.32 Å². The molecule has 2 aliphatic rings. The maximum Gasteiger partial charge on any atom is 0.224 e. The summed E-state index contributed by atoms with van der Waals surface area (Å²) in [6.45, 7) is 2.94. The summed E-state index contributed by atoms with van der Waals surface area (Å²) < 4.78 is 34.1. The molecule has 0 aromatic heterocycles. The summed E-state index contributed by atoms with van der Waals surface area (Å²) >= 11 is 0. The first-order chi connectivity index (χ1) is 12.4. The zero-order chi connectivity index (χ0) is 18.6. The van der Waals surface area contributed by atoms with E-state index in [1.165, 1.54) is 6.26 Å². The van der Waals surface area contributed by atoms with Gasteiger partial charge in [0.15, 0.2) is 9.84 Å². The van der Waals surface area contributed by atoms with Crippen LogP contribution in [0.3, 0.4) is 0 Å². The molecule has 0 radical (unpaired) electrons. The van der Waals surface area contributed by atoms with Gasteiger partial charge in [0.05, 0.1) is 17.9 Å². The van der Waals surface area contributed by atoms with Gasteiger partial charge >= 0.3 is 0 Å². The molecular formula is C19H27NO5S. The van der Waals surface area contributed by atoms with Crippen LogP contribution in [0.25, 0.3) is 0 Å². The number of hydrogen-bond acceptors (Lipinski definition) is 5. The van der Waals surface area contributed by atoms with Gasteiger partial charge in [-0.2, -0.15) is 0 Å². The minimum Gasteiger partial charge on any atom is -0.381 e. The molecule has 0 spiro atoms. The lowest BCUT2D eigenvalue weighted by Crippen LogP contribution is -2.49. The second-order valence-corrected chi connectivity index (χ2v) is 9.26. The van der Waals surface area contributed by atoms with E-state index >= 15 is 0 Å². The molecule has 2 heterocycles. The van der Waals surface area contributed by atoms with Crippen LogP contribution in [0, 0.1) is 11.8 Å². The molecule has 2 saturated heterocycles. The third-order valence-corrected chi connectivity index (χ3v) is 6.46. The number of benzene rings is 1. The Morgan fingerprint density at radius 3 is 2.38 bits per heavy atom. The van der Waals surface area contributed by atoms with Crippen LogP contribution >= 0.6 is 0 Å². The summed E-state index contributed by atoms with van der Waals surface area (Å²) in [5, 5.41) is 3.18. The van der Waals surface area contributed by atoms with Gasteiger partial charge in [-0.25, -0.2) is 8.42 Å². The van der Waals surface area contributed by atoms with E-state index in [0.717, 1.165) is 38.0 Å². The van der Waals surface area contributed by atoms with E-state index in [-0.39, 0.29) is 23.3 Å². The molecule has 6 nitrogen and oxygen atoms in total. The van der Waals surface area contributed by atoms with E-state index in [4.69, 9.17) is 9.47 Å². The summed E-state index contributed by atoms with van der Waals surface area (Å²) in [5.41, 5.74) is 0.810. The average molecular weight is 381 g/mol. The molecule has 1 amide bonds. The molecular weight excluding hydrogens is 354 g/mol. The molecule has 2 fully saturated rings. The summed E-state index contributed by atoms with van der Waals surface area (Å²) in [5.74, 6) is 0.841. The number of carbonyl (C=O) groups excluding carboxylic acids is 1. The third-order valence-electron chi connectivity index (χ3n) is 5.33. The highest BCUT2D eigenvalue weighted by molar-refractivity contribution is 7.90. The second kappa shape index (κ2) is 8.50. The summed E-state index contributed by atoms with van der Waals surface area (Å²) in [7, 11) is -3.22. The van der Waals surface area contributed by atoms with E-state index in [2.05, 4.69) is 5.32 Å². The van der Waals surface area contributed by atoms with Crippen molar-refractivity contribution in [2.24, 2.45) is 11.8 Å². The third kappa shape index (κ3) is 5.05. The Morgan fingerprint density at radius 1 is 1.08 bits per heavy atom. The normalized spacial score (nSPS) is 25.0. The van der Waals surface area contributed by atoms with Gasteiger partial charge in [-0.1, -0.05) is 12.1 Å². The van der Waals surface area contributed by atoms with Crippen molar-refractivity contribution >= 4 is 15.7 Å². The molecule has 0 saturated carbocycles. The topological polar surface area (TPSA) is 81.7 Å². The Hall–Kier alpha value is -1.44. The molecule has 2 aliphatic heterocycles. The number of nitrogens with one attached hydrogen (secondary N) is 1. The number of rotatable bonds is 5. The minimum absolute atomic E-state index is 0.0268.